The minimum atomic E-state index is -0.983. The summed E-state index contributed by atoms with van der Waals surface area (Å²) in [6, 6.07) is 5.65. The van der Waals surface area contributed by atoms with E-state index in [2.05, 4.69) is 15.9 Å². The Morgan fingerprint density at radius 2 is 1.58 bits per heavy atom. The van der Waals surface area contributed by atoms with Gasteiger partial charge in [-0.05, 0) is 80.4 Å². The molecular weight excluding hydrogens is 636 g/mol. The highest BCUT2D eigenvalue weighted by Gasteiger charge is 2.56. The molecule has 4 atom stereocenters. The summed E-state index contributed by atoms with van der Waals surface area (Å²) >= 11 is 1.49. The van der Waals surface area contributed by atoms with Gasteiger partial charge in [0.15, 0.2) is 11.6 Å². The molecule has 0 saturated carbocycles. The van der Waals surface area contributed by atoms with Gasteiger partial charge < -0.3 is 28.3 Å². The molecular formula is C35H42N4O8S. The Bertz CT molecular complexity index is 1750. The lowest BCUT2D eigenvalue weighted by Crippen LogP contribution is -2.44. The zero-order valence-electron chi connectivity index (χ0n) is 28.9. The number of thioether (sulfide) groups is 1. The normalized spacial score (nSPS) is 21.8. The third kappa shape index (κ3) is 7.16. The van der Waals surface area contributed by atoms with Crippen molar-refractivity contribution in [1.29, 1.82) is 0 Å². The van der Waals surface area contributed by atoms with Crippen molar-refractivity contribution in [3.05, 3.63) is 53.0 Å². The Balaban J connectivity index is 1.54. The van der Waals surface area contributed by atoms with Crippen molar-refractivity contribution in [1.82, 2.24) is 14.5 Å². The number of nitrogens with zero attached hydrogens (tertiary/aromatic N) is 4. The molecule has 1 aromatic carbocycles. The van der Waals surface area contributed by atoms with Crippen LogP contribution in [0.2, 0.25) is 0 Å². The number of fused-ring (bicyclic) bond motifs is 2. The Morgan fingerprint density at radius 1 is 1.00 bits per heavy atom. The summed E-state index contributed by atoms with van der Waals surface area (Å²) in [5.41, 5.74) is 1.03. The number of ether oxygens (including phenoxy) is 5. The number of aryl methyl sites for hydroxylation is 2. The van der Waals surface area contributed by atoms with E-state index >= 15 is 0 Å². The minimum Gasteiger partial charge on any atom is -0.461 e. The monoisotopic (exact) mass is 678 g/mol. The summed E-state index contributed by atoms with van der Waals surface area (Å²) in [5.74, 6) is 1.25. The molecule has 13 heteroatoms. The van der Waals surface area contributed by atoms with Crippen molar-refractivity contribution in [3.63, 3.8) is 0 Å². The number of carbonyl (C=O) groups is 3. The number of rotatable bonds is 5. The van der Waals surface area contributed by atoms with E-state index in [1.807, 2.05) is 50.5 Å². The van der Waals surface area contributed by atoms with Crippen molar-refractivity contribution in [2.75, 3.05) is 11.5 Å². The van der Waals surface area contributed by atoms with Crippen molar-refractivity contribution < 1.29 is 38.1 Å². The summed E-state index contributed by atoms with van der Waals surface area (Å²) in [6.45, 7) is 17.6. The maximum atomic E-state index is 13.5. The second kappa shape index (κ2) is 12.7. The van der Waals surface area contributed by atoms with Crippen molar-refractivity contribution >= 4 is 46.8 Å². The number of anilines is 1. The van der Waals surface area contributed by atoms with Crippen LogP contribution in [-0.2, 0) is 23.7 Å². The van der Waals surface area contributed by atoms with Gasteiger partial charge in [-0.25, -0.2) is 24.4 Å². The predicted octanol–water partition coefficient (Wildman–Crippen LogP) is 6.70. The van der Waals surface area contributed by atoms with Crippen LogP contribution in [-0.4, -0.2) is 73.7 Å². The quantitative estimate of drug-likeness (QED) is 0.162. The standard InChI is InChI=1S/C35H42N4O8S/c1-12-21-16-38(27-24(21)28(37-18-36-27)39(31(41)46-33(4,5)6)32(42)47-34(7,8)9)29-26-25(44-35(10,11)45-26)22(48-29)17-43-30(40)23-19(2)14-13-15-20(23)3/h1,13-16,18,22,25-26,29H,17H2,2-11H3/t22-,25-,26-,29-/m1/s1. The maximum absolute atomic E-state index is 13.5. The number of amides is 2. The van der Waals surface area contributed by atoms with Gasteiger partial charge in [0.05, 0.1) is 21.8 Å². The van der Waals surface area contributed by atoms with Crippen molar-refractivity contribution in [2.45, 2.75) is 109 Å². The lowest BCUT2D eigenvalue weighted by Gasteiger charge is -2.28. The molecule has 2 aromatic heterocycles. The number of imide groups is 1. The molecule has 256 valence electrons. The highest BCUT2D eigenvalue weighted by molar-refractivity contribution is 8.00. The first-order chi connectivity index (χ1) is 22.3. The summed E-state index contributed by atoms with van der Waals surface area (Å²) in [5, 5.41) is -0.468. The molecule has 0 radical (unpaired) electrons. The van der Waals surface area contributed by atoms with Gasteiger partial charge in [-0.15, -0.1) is 18.2 Å². The molecule has 0 unspecified atom stereocenters. The van der Waals surface area contributed by atoms with Crippen LogP contribution in [0, 0.1) is 26.2 Å². The van der Waals surface area contributed by atoms with Gasteiger partial charge in [0, 0.05) is 6.20 Å². The van der Waals surface area contributed by atoms with Gasteiger partial charge in [0.25, 0.3) is 0 Å². The molecule has 48 heavy (non-hydrogen) atoms. The van der Waals surface area contributed by atoms with Crippen LogP contribution in [0.1, 0.15) is 87.8 Å². The lowest BCUT2D eigenvalue weighted by atomic mass is 10.0. The summed E-state index contributed by atoms with van der Waals surface area (Å²) < 4.78 is 31.6. The Kier molecular flexibility index (Phi) is 9.33. The summed E-state index contributed by atoms with van der Waals surface area (Å²) in [4.78, 5) is 49.9. The average Bonchev–Trinajstić information content (AvgIpc) is 3.58. The molecule has 2 aliphatic rings. The topological polar surface area (TPSA) is 131 Å². The number of hydrogen-bond donors (Lipinski definition) is 0. The Labute approximate surface area is 284 Å². The lowest BCUT2D eigenvalue weighted by molar-refractivity contribution is -0.149. The second-order valence-electron chi connectivity index (χ2n) is 14.3. The van der Waals surface area contributed by atoms with Crippen LogP contribution in [0.5, 0.6) is 0 Å². The molecule has 4 heterocycles. The van der Waals surface area contributed by atoms with E-state index in [0.29, 0.717) is 16.8 Å². The van der Waals surface area contributed by atoms with Crippen LogP contribution in [0.25, 0.3) is 11.0 Å². The molecule has 0 bridgehead atoms. The predicted molar refractivity (Wildman–Crippen MR) is 181 cm³/mol. The highest BCUT2D eigenvalue weighted by atomic mass is 32.2. The molecule has 12 nitrogen and oxygen atoms in total. The van der Waals surface area contributed by atoms with Crippen LogP contribution in [0.3, 0.4) is 0 Å². The summed E-state index contributed by atoms with van der Waals surface area (Å²) in [7, 11) is 0. The molecule has 2 saturated heterocycles. The number of carbonyl (C=O) groups excluding carboxylic acids is 3. The first kappa shape index (κ1) is 35.2. The second-order valence-corrected chi connectivity index (χ2v) is 15.6. The fourth-order valence-electron chi connectivity index (χ4n) is 5.79. The van der Waals surface area contributed by atoms with Gasteiger partial charge in [-0.3, -0.25) is 0 Å². The third-order valence-corrected chi connectivity index (χ3v) is 9.10. The molecule has 0 aliphatic carbocycles. The molecule has 2 amide bonds. The van der Waals surface area contributed by atoms with Gasteiger partial charge in [-0.2, -0.15) is 4.90 Å². The van der Waals surface area contributed by atoms with Crippen LogP contribution >= 0.6 is 11.8 Å². The zero-order chi connectivity index (χ0) is 35.3. The molecule has 3 aromatic rings. The van der Waals surface area contributed by atoms with E-state index < -0.39 is 52.7 Å². The summed E-state index contributed by atoms with van der Waals surface area (Å²) in [6.07, 6.45) is 6.06. The van der Waals surface area contributed by atoms with E-state index in [0.717, 1.165) is 16.0 Å². The fourth-order valence-corrected chi connectivity index (χ4v) is 7.32. The van der Waals surface area contributed by atoms with Gasteiger partial charge in [0.1, 0.15) is 47.4 Å². The van der Waals surface area contributed by atoms with E-state index in [9.17, 15) is 14.4 Å². The Hall–Kier alpha value is -4.12. The van der Waals surface area contributed by atoms with Gasteiger partial charge >= 0.3 is 18.2 Å². The molecule has 0 N–H and O–H groups in total. The largest absolute Gasteiger partial charge is 0.461 e. The number of benzene rings is 1. The molecule has 2 aliphatic heterocycles. The smallest absolute Gasteiger partial charge is 0.425 e. The number of esters is 1. The minimum absolute atomic E-state index is 0.0703. The van der Waals surface area contributed by atoms with E-state index in [4.69, 9.17) is 30.1 Å². The molecule has 2 fully saturated rings. The maximum Gasteiger partial charge on any atom is 0.425 e. The van der Waals surface area contributed by atoms with Gasteiger partial charge in [0.2, 0.25) is 0 Å². The van der Waals surface area contributed by atoms with Crippen molar-refractivity contribution in [2.24, 2.45) is 0 Å². The van der Waals surface area contributed by atoms with Gasteiger partial charge in [-0.1, -0.05) is 24.1 Å². The van der Waals surface area contributed by atoms with Crippen LogP contribution in [0.4, 0.5) is 15.4 Å². The van der Waals surface area contributed by atoms with E-state index in [-0.39, 0.29) is 23.1 Å². The SMILES string of the molecule is C#Cc1cn([C@@H]2S[C@H](COC(=O)c3c(C)cccc3C)[C@H]3OC(C)(C)O[C@H]32)c2ncnc(N(C(=O)OC(C)(C)C)C(=O)OC(C)(C)C)c12. The van der Waals surface area contributed by atoms with Crippen LogP contribution < -0.4 is 4.90 Å². The highest BCUT2D eigenvalue weighted by Crippen LogP contribution is 2.52. The third-order valence-electron chi connectivity index (χ3n) is 7.57. The molecule has 5 rings (SSSR count). The number of hydrogen-bond acceptors (Lipinski definition) is 11. The van der Waals surface area contributed by atoms with E-state index in [1.54, 1.807) is 47.7 Å². The number of aromatic nitrogens is 3. The van der Waals surface area contributed by atoms with Crippen molar-refractivity contribution in [3.8, 4) is 12.3 Å². The Morgan fingerprint density at radius 3 is 2.15 bits per heavy atom. The van der Waals surface area contributed by atoms with E-state index in [1.165, 1.54) is 18.1 Å². The molecule has 0 spiro atoms. The number of terminal acetylenes is 1. The van der Waals surface area contributed by atoms with Crippen LogP contribution in [0.15, 0.2) is 30.7 Å². The average molecular weight is 679 g/mol. The zero-order valence-corrected chi connectivity index (χ0v) is 29.8. The first-order valence-corrected chi connectivity index (χ1v) is 16.6. The first-order valence-electron chi connectivity index (χ1n) is 15.6. The fraction of sp³-hybridized carbons (Fsp3) is 0.514.